The number of nitrogens with two attached hydrogens (primary N) is 1. The van der Waals surface area contributed by atoms with Gasteiger partial charge < -0.3 is 20.5 Å². The zero-order chi connectivity index (χ0) is 13.1. The molecule has 1 aromatic heterocycles. The third-order valence-electron chi connectivity index (χ3n) is 3.00. The third kappa shape index (κ3) is 2.70. The first-order valence-corrected chi connectivity index (χ1v) is 6.21. The molecule has 0 aliphatic carbocycles. The van der Waals surface area contributed by atoms with Crippen molar-refractivity contribution < 1.29 is 9.84 Å². The predicted octanol–water partition coefficient (Wildman–Crippen LogP) is 0.380. The molecule has 0 aromatic carbocycles. The molecule has 6 nitrogen and oxygen atoms in total. The number of hydrogen-bond acceptors (Lipinski definition) is 6. The van der Waals surface area contributed by atoms with Gasteiger partial charge in [-0.2, -0.15) is 0 Å². The summed E-state index contributed by atoms with van der Waals surface area (Å²) in [7, 11) is 0. The fourth-order valence-corrected chi connectivity index (χ4v) is 1.98. The Bertz CT molecular complexity index is 411. The lowest BCUT2D eigenvalue weighted by molar-refractivity contribution is 0.0722. The zero-order valence-electron chi connectivity index (χ0n) is 10.8. The molecule has 0 amide bonds. The molecular weight excluding hydrogens is 232 g/mol. The van der Waals surface area contributed by atoms with Crippen molar-refractivity contribution >= 4 is 11.6 Å². The van der Waals surface area contributed by atoms with E-state index in [2.05, 4.69) is 9.97 Å². The van der Waals surface area contributed by atoms with Gasteiger partial charge in [0.15, 0.2) is 0 Å². The average Bonchev–Trinajstić information content (AvgIpc) is 2.38. The Morgan fingerprint density at radius 3 is 3.00 bits per heavy atom. The fraction of sp³-hybridized carbons (Fsp3) is 0.667. The standard InChI is InChI=1S/C12H20N4O2/c1-8(2)12-14-10(13)5-11(15-12)16-3-4-18-7-9(16)6-17/h5,8-9,17H,3-4,6-7H2,1-2H3,(H2,13,14,15). The zero-order valence-corrected chi connectivity index (χ0v) is 10.8. The topological polar surface area (TPSA) is 84.5 Å². The highest BCUT2D eigenvalue weighted by molar-refractivity contribution is 5.48. The van der Waals surface area contributed by atoms with Crippen LogP contribution in [0.3, 0.4) is 0 Å². The molecular formula is C12H20N4O2. The molecule has 1 aromatic rings. The second-order valence-corrected chi connectivity index (χ2v) is 4.77. The van der Waals surface area contributed by atoms with Crippen LogP contribution in [0.4, 0.5) is 11.6 Å². The average molecular weight is 252 g/mol. The van der Waals surface area contributed by atoms with Crippen LogP contribution in [0, 0.1) is 0 Å². The minimum atomic E-state index is -0.0620. The summed E-state index contributed by atoms with van der Waals surface area (Å²) in [5.74, 6) is 2.19. The van der Waals surface area contributed by atoms with Gasteiger partial charge in [-0.3, -0.25) is 0 Å². The molecule has 0 saturated carbocycles. The molecule has 0 spiro atoms. The lowest BCUT2D eigenvalue weighted by atomic mass is 10.2. The van der Waals surface area contributed by atoms with E-state index in [0.29, 0.717) is 25.6 Å². The summed E-state index contributed by atoms with van der Waals surface area (Å²) in [5, 5.41) is 9.37. The lowest BCUT2D eigenvalue weighted by Gasteiger charge is -2.35. The van der Waals surface area contributed by atoms with E-state index in [0.717, 1.165) is 11.6 Å². The van der Waals surface area contributed by atoms with Crippen molar-refractivity contribution in [3.8, 4) is 0 Å². The number of nitrogen functional groups attached to an aromatic ring is 1. The van der Waals surface area contributed by atoms with Crippen LogP contribution in [0.2, 0.25) is 0 Å². The number of nitrogens with zero attached hydrogens (tertiary/aromatic N) is 3. The second-order valence-electron chi connectivity index (χ2n) is 4.77. The van der Waals surface area contributed by atoms with Crippen molar-refractivity contribution in [1.29, 1.82) is 0 Å². The van der Waals surface area contributed by atoms with Crippen molar-refractivity contribution in [2.45, 2.75) is 25.8 Å². The van der Waals surface area contributed by atoms with Gasteiger partial charge in [0.2, 0.25) is 0 Å². The molecule has 3 N–H and O–H groups in total. The van der Waals surface area contributed by atoms with Crippen LogP contribution < -0.4 is 10.6 Å². The van der Waals surface area contributed by atoms with Crippen molar-refractivity contribution in [2.24, 2.45) is 0 Å². The number of aliphatic hydroxyl groups is 1. The Kier molecular flexibility index (Phi) is 3.98. The normalized spacial score (nSPS) is 20.4. The number of morpholine rings is 1. The maximum absolute atomic E-state index is 9.37. The molecule has 1 saturated heterocycles. The van der Waals surface area contributed by atoms with E-state index in [4.69, 9.17) is 10.5 Å². The number of aromatic nitrogens is 2. The van der Waals surface area contributed by atoms with E-state index in [1.54, 1.807) is 6.07 Å². The van der Waals surface area contributed by atoms with Crippen molar-refractivity contribution in [3.63, 3.8) is 0 Å². The van der Waals surface area contributed by atoms with E-state index in [9.17, 15) is 5.11 Å². The minimum absolute atomic E-state index is 0.0426. The van der Waals surface area contributed by atoms with E-state index >= 15 is 0 Å². The smallest absolute Gasteiger partial charge is 0.135 e. The maximum Gasteiger partial charge on any atom is 0.135 e. The van der Waals surface area contributed by atoms with Crippen LogP contribution in [-0.4, -0.2) is 47.5 Å². The van der Waals surface area contributed by atoms with Gasteiger partial charge in [-0.15, -0.1) is 0 Å². The molecule has 0 bridgehead atoms. The first kappa shape index (κ1) is 13.0. The fourth-order valence-electron chi connectivity index (χ4n) is 1.98. The Hall–Kier alpha value is -1.40. The predicted molar refractivity (Wildman–Crippen MR) is 69.6 cm³/mol. The van der Waals surface area contributed by atoms with Gasteiger partial charge in [-0.1, -0.05) is 13.8 Å². The Labute approximate surface area is 107 Å². The van der Waals surface area contributed by atoms with Gasteiger partial charge in [0.05, 0.1) is 25.9 Å². The summed E-state index contributed by atoms with van der Waals surface area (Å²) in [6.45, 7) is 5.96. The van der Waals surface area contributed by atoms with Crippen LogP contribution in [0.5, 0.6) is 0 Å². The molecule has 1 aliphatic heterocycles. The van der Waals surface area contributed by atoms with Crippen molar-refractivity contribution in [1.82, 2.24) is 9.97 Å². The summed E-state index contributed by atoms with van der Waals surface area (Å²) < 4.78 is 5.36. The Balaban J connectivity index is 2.30. The highest BCUT2D eigenvalue weighted by Gasteiger charge is 2.24. The summed E-state index contributed by atoms with van der Waals surface area (Å²) in [6, 6.07) is 1.69. The van der Waals surface area contributed by atoms with E-state index < -0.39 is 0 Å². The highest BCUT2D eigenvalue weighted by Crippen LogP contribution is 2.21. The van der Waals surface area contributed by atoms with Gasteiger partial charge in [0.25, 0.3) is 0 Å². The van der Waals surface area contributed by atoms with Gasteiger partial charge in [0.1, 0.15) is 17.5 Å². The molecule has 1 fully saturated rings. The Morgan fingerprint density at radius 2 is 2.33 bits per heavy atom. The molecule has 0 radical (unpaired) electrons. The highest BCUT2D eigenvalue weighted by atomic mass is 16.5. The van der Waals surface area contributed by atoms with E-state index in [1.807, 2.05) is 18.7 Å². The van der Waals surface area contributed by atoms with Crippen molar-refractivity contribution in [2.75, 3.05) is 37.0 Å². The minimum Gasteiger partial charge on any atom is -0.394 e. The van der Waals surface area contributed by atoms with Crippen LogP contribution in [0.25, 0.3) is 0 Å². The van der Waals surface area contributed by atoms with Crippen LogP contribution >= 0.6 is 0 Å². The van der Waals surface area contributed by atoms with Crippen LogP contribution in [-0.2, 0) is 4.74 Å². The molecule has 18 heavy (non-hydrogen) atoms. The second kappa shape index (κ2) is 5.49. The summed E-state index contributed by atoms with van der Waals surface area (Å²) in [4.78, 5) is 10.8. The molecule has 6 heteroatoms. The summed E-state index contributed by atoms with van der Waals surface area (Å²) in [6.07, 6.45) is 0. The SMILES string of the molecule is CC(C)c1nc(N)cc(N2CCOCC2CO)n1. The lowest BCUT2D eigenvalue weighted by Crippen LogP contribution is -2.48. The molecule has 1 unspecified atom stereocenters. The van der Waals surface area contributed by atoms with Gasteiger partial charge in [0, 0.05) is 18.5 Å². The van der Waals surface area contributed by atoms with Crippen molar-refractivity contribution in [3.05, 3.63) is 11.9 Å². The molecule has 1 atom stereocenters. The largest absolute Gasteiger partial charge is 0.394 e. The summed E-state index contributed by atoms with van der Waals surface area (Å²) in [5.41, 5.74) is 5.82. The first-order chi connectivity index (χ1) is 8.61. The molecule has 2 rings (SSSR count). The maximum atomic E-state index is 9.37. The third-order valence-corrected chi connectivity index (χ3v) is 3.00. The molecule has 2 heterocycles. The number of hydrogen-bond donors (Lipinski definition) is 2. The Morgan fingerprint density at radius 1 is 1.56 bits per heavy atom. The number of anilines is 2. The van der Waals surface area contributed by atoms with E-state index in [1.165, 1.54) is 0 Å². The monoisotopic (exact) mass is 252 g/mol. The van der Waals surface area contributed by atoms with Gasteiger partial charge >= 0.3 is 0 Å². The van der Waals surface area contributed by atoms with Crippen LogP contribution in [0.1, 0.15) is 25.6 Å². The van der Waals surface area contributed by atoms with Crippen LogP contribution in [0.15, 0.2) is 6.07 Å². The first-order valence-electron chi connectivity index (χ1n) is 6.21. The number of aliphatic hydroxyl groups excluding tert-OH is 1. The summed E-state index contributed by atoms with van der Waals surface area (Å²) >= 11 is 0. The van der Waals surface area contributed by atoms with Gasteiger partial charge in [-0.25, -0.2) is 9.97 Å². The molecule has 1 aliphatic rings. The molecule has 100 valence electrons. The number of ether oxygens (including phenoxy) is 1. The van der Waals surface area contributed by atoms with E-state index in [-0.39, 0.29) is 18.6 Å². The number of rotatable bonds is 3. The quantitative estimate of drug-likeness (QED) is 0.809. The van der Waals surface area contributed by atoms with Gasteiger partial charge in [-0.05, 0) is 0 Å².